The van der Waals surface area contributed by atoms with Crippen molar-refractivity contribution in [3.05, 3.63) is 125 Å². The second kappa shape index (κ2) is 30.8. The standard InChI is InChI=1S/C43H46N4O11S.C42H47N3O12S/c1-7-8-30(49)58-29-13-22-9-10-45-43(24(22)14-28(29)52-5)17-59-41-33-32(40-39(55-18-56-40)20(3)38(33)57-21(4)48)27(16-54-42(43)51)47-26(15-44)25-12-23-11-19(2)37(53-6)36(50)31(23)34(46-25)35(41)47;1-7-8-28(47)57-27-13-21-9-10-43-42(23(21)14-26(27)51-5)16-58-39-31-30(38-37(54-17-55-38)19(3)36(31)56-20(4)46)25(15-53-41(42)50)45-33(39)32-29-22(12-24(44-32)40(45)49)11-18(2)35(52-6)34(29)48/h11,13-14,25-27,34-35,41,45-46,50H,7-10,12,16-18H2,1-6H3;11,13-14,24-25,32-33,39-40,43-44,48-49H,7-10,12,15-17H2,1-6H3/t25-,26-,27-,34+,35?,41+,43+;24-,25-,32+,33?,39+,40-,42+/m00/s1. The molecule has 2 unspecified atom stereocenters. The van der Waals surface area contributed by atoms with E-state index in [1.165, 1.54) is 65.8 Å². The molecule has 0 saturated carbocycles. The lowest BCUT2D eigenvalue weighted by Gasteiger charge is -2.59. The molecule has 6 aromatic rings. The van der Waals surface area contributed by atoms with Gasteiger partial charge in [-0.3, -0.25) is 39.6 Å². The van der Waals surface area contributed by atoms with Crippen molar-refractivity contribution in [3.63, 3.8) is 0 Å². The molecule has 20 rings (SSSR count). The third-order valence-corrected chi connectivity index (χ3v) is 28.0. The Hall–Kier alpha value is -9.95. The molecule has 2 spiro atoms. The first-order valence-electron chi connectivity index (χ1n) is 39.5. The number of carbonyl (C=O) groups is 6. The summed E-state index contributed by atoms with van der Waals surface area (Å²) in [6, 6.07) is 8.25. The quantitative estimate of drug-likeness (QED) is 0.0444. The SMILES string of the molecule is CCCC(=O)Oc1cc2c(cc1OC)[C@@]1(CS[C@@H]3c4c(OC(C)=O)c(C)c5c(c4[C@H](COC1=O)N1C3[C@@H]3N[C@@H](Cc4cc(C)c(OC)c(O)c43)[C@@H]1C#N)OCO5)NCC2.CCCC(=O)Oc1cc2c(cc1OC)[C@@]1(CS[C@@H]3c4c(OC(C)=O)c(C)c5c(c4[C@H](COC1=O)N1C3[C@@H]3N[C@@H](Cc4cc(C)c(OC)c(O)c43)[C@@H]1O)OCO5)NCC2. The molecule has 8 bridgehead atoms. The molecule has 6 aromatic carbocycles. The highest BCUT2D eigenvalue weighted by Crippen LogP contribution is 2.67. The largest absolute Gasteiger partial charge is 0.504 e. The zero-order valence-corrected chi connectivity index (χ0v) is 68.5. The molecule has 0 amide bonds. The van der Waals surface area contributed by atoms with Crippen molar-refractivity contribution in [1.29, 1.82) is 5.26 Å². The summed E-state index contributed by atoms with van der Waals surface area (Å²) in [5.41, 5.74) is 8.40. The van der Waals surface area contributed by atoms with Crippen LogP contribution in [-0.2, 0) is 75.0 Å². The summed E-state index contributed by atoms with van der Waals surface area (Å²) in [5.74, 6) is 1.59. The number of nitrogens with zero attached hydrogens (tertiary/aromatic N) is 3. The number of benzene rings is 6. The molecule has 14 heterocycles. The number of ether oxygens (including phenoxy) is 14. The number of phenolic OH excluding ortho intramolecular Hbond substituents is 2. The van der Waals surface area contributed by atoms with E-state index in [0.717, 1.165) is 33.4 Å². The predicted molar refractivity (Wildman–Crippen MR) is 421 cm³/mol. The van der Waals surface area contributed by atoms with Gasteiger partial charge in [-0.05, 0) is 135 Å². The number of hydrogen-bond donors (Lipinski definition) is 7. The van der Waals surface area contributed by atoms with Crippen LogP contribution in [0.3, 0.4) is 0 Å². The van der Waals surface area contributed by atoms with E-state index in [1.54, 1.807) is 24.3 Å². The van der Waals surface area contributed by atoms with Crippen LogP contribution in [0.2, 0.25) is 0 Å². The number of nitriles is 1. The van der Waals surface area contributed by atoms with E-state index in [4.69, 9.17) is 66.3 Å². The molecular weight excluding hydrogens is 1550 g/mol. The second-order valence-electron chi connectivity index (χ2n) is 31.6. The summed E-state index contributed by atoms with van der Waals surface area (Å²) in [5, 5.41) is 60.7. The minimum absolute atomic E-state index is 0.0124. The van der Waals surface area contributed by atoms with Crippen molar-refractivity contribution < 1.29 is 110 Å². The van der Waals surface area contributed by atoms with Gasteiger partial charge in [0.15, 0.2) is 80.1 Å². The fourth-order valence-electron chi connectivity index (χ4n) is 20.3. The Morgan fingerprint density at radius 1 is 0.538 bits per heavy atom. The van der Waals surface area contributed by atoms with Crippen molar-refractivity contribution in [1.82, 2.24) is 31.1 Å². The molecule has 14 aliphatic heterocycles. The molecule has 0 aliphatic carbocycles. The molecule has 32 heteroatoms. The van der Waals surface area contributed by atoms with Crippen LogP contribution < -0.4 is 78.1 Å². The maximum Gasteiger partial charge on any atom is 0.331 e. The summed E-state index contributed by atoms with van der Waals surface area (Å²) < 4.78 is 84.0. The normalized spacial score (nSPS) is 27.5. The Morgan fingerprint density at radius 3 is 1.39 bits per heavy atom. The number of carbonyl (C=O) groups excluding carboxylic acids is 6. The average Bonchev–Trinajstić information content (AvgIpc) is 1.46. The van der Waals surface area contributed by atoms with Crippen LogP contribution in [0.25, 0.3) is 0 Å². The number of esters is 6. The number of piperazine rings is 2. The molecule has 4 saturated heterocycles. The van der Waals surface area contributed by atoms with Gasteiger partial charge >= 0.3 is 35.8 Å². The molecule has 0 aromatic heterocycles. The van der Waals surface area contributed by atoms with Gasteiger partial charge in [-0.25, -0.2) is 9.59 Å². The summed E-state index contributed by atoms with van der Waals surface area (Å²) in [6.07, 6.45) is 2.60. The van der Waals surface area contributed by atoms with E-state index in [2.05, 4.69) is 32.2 Å². The van der Waals surface area contributed by atoms with E-state index < -0.39 is 100 Å². The fourth-order valence-corrected chi connectivity index (χ4v) is 23.7. The Balaban J connectivity index is 0.000000168. The van der Waals surface area contributed by atoms with E-state index in [-0.39, 0.29) is 92.1 Å². The van der Waals surface area contributed by atoms with E-state index >= 15 is 0 Å². The Labute approximate surface area is 683 Å². The highest BCUT2D eigenvalue weighted by molar-refractivity contribution is 7.99. The van der Waals surface area contributed by atoms with E-state index in [0.29, 0.717) is 165 Å². The van der Waals surface area contributed by atoms with Crippen LogP contribution >= 0.6 is 23.5 Å². The van der Waals surface area contributed by atoms with Crippen LogP contribution in [0.15, 0.2) is 36.4 Å². The third-order valence-electron chi connectivity index (χ3n) is 25.0. The zero-order valence-electron chi connectivity index (χ0n) is 66.9. The molecule has 14 aliphatic rings. The minimum Gasteiger partial charge on any atom is -0.504 e. The van der Waals surface area contributed by atoms with Crippen LogP contribution in [0.4, 0.5) is 0 Å². The maximum absolute atomic E-state index is 14.9. The molecule has 14 atom stereocenters. The minimum atomic E-state index is -1.40. The van der Waals surface area contributed by atoms with Gasteiger partial charge in [-0.15, -0.1) is 23.5 Å². The molecule has 117 heavy (non-hydrogen) atoms. The summed E-state index contributed by atoms with van der Waals surface area (Å²) >= 11 is 2.91. The lowest BCUT2D eigenvalue weighted by molar-refractivity contribution is -0.164. The lowest BCUT2D eigenvalue weighted by Crippen LogP contribution is -2.69. The zero-order chi connectivity index (χ0) is 82.3. The van der Waals surface area contributed by atoms with Gasteiger partial charge in [0.2, 0.25) is 13.6 Å². The monoisotopic (exact) mass is 1640 g/mol. The number of thioether (sulfide) groups is 2. The lowest BCUT2D eigenvalue weighted by atomic mass is 9.72. The van der Waals surface area contributed by atoms with Gasteiger partial charge in [0.25, 0.3) is 0 Å². The number of aliphatic hydroxyl groups excluding tert-OH is 1. The molecule has 618 valence electrons. The van der Waals surface area contributed by atoms with Crippen molar-refractivity contribution in [3.8, 4) is 86.6 Å². The molecule has 4 fully saturated rings. The first-order valence-corrected chi connectivity index (χ1v) is 41.6. The molecular formula is C85H93N7O23S2. The van der Waals surface area contributed by atoms with Crippen LogP contribution in [0, 0.1) is 39.0 Å². The number of fused-ring (bicyclic) bond motifs is 18. The van der Waals surface area contributed by atoms with Gasteiger partial charge < -0.3 is 92.3 Å². The van der Waals surface area contributed by atoms with Crippen molar-refractivity contribution >= 4 is 59.3 Å². The van der Waals surface area contributed by atoms with Crippen molar-refractivity contribution in [2.45, 2.75) is 189 Å². The number of hydrogen-bond acceptors (Lipinski definition) is 32. The van der Waals surface area contributed by atoms with Crippen molar-refractivity contribution in [2.75, 3.05) is 79.8 Å². The summed E-state index contributed by atoms with van der Waals surface area (Å²) in [7, 11) is 6.02. The maximum atomic E-state index is 14.9. The summed E-state index contributed by atoms with van der Waals surface area (Å²) in [6.45, 7) is 14.2. The number of aryl methyl sites for hydroxylation is 2. The highest BCUT2D eigenvalue weighted by Gasteiger charge is 2.63. The number of rotatable bonds is 12. The first kappa shape index (κ1) is 79.5. The topological polar surface area (TPSA) is 371 Å². The molecule has 7 N–H and O–H groups in total. The predicted octanol–water partition coefficient (Wildman–Crippen LogP) is 8.72. The average molecular weight is 1640 g/mol. The number of methoxy groups -OCH3 is 4. The fraction of sp³-hybridized carbons (Fsp3) is 0.494. The number of phenols is 2. The number of aromatic hydroxyl groups is 2. The highest BCUT2D eigenvalue weighted by atomic mass is 32.2. The van der Waals surface area contributed by atoms with Gasteiger partial charge in [-0.1, -0.05) is 26.0 Å². The van der Waals surface area contributed by atoms with Crippen LogP contribution in [-0.4, -0.2) is 177 Å². The van der Waals surface area contributed by atoms with E-state index in [1.807, 2.05) is 58.6 Å². The smallest absolute Gasteiger partial charge is 0.331 e. The molecule has 0 radical (unpaired) electrons. The van der Waals surface area contributed by atoms with Crippen LogP contribution in [0.5, 0.6) is 80.5 Å². The van der Waals surface area contributed by atoms with Gasteiger partial charge in [0.1, 0.15) is 37.0 Å². The van der Waals surface area contributed by atoms with Gasteiger partial charge in [0.05, 0.1) is 75.2 Å². The second-order valence-corrected chi connectivity index (χ2v) is 33.8. The Kier molecular flexibility index (Phi) is 20.9. The van der Waals surface area contributed by atoms with Crippen LogP contribution in [0.1, 0.15) is 177 Å². The first-order chi connectivity index (χ1) is 56.4. The van der Waals surface area contributed by atoms with E-state index in [9.17, 15) is 49.3 Å². The Morgan fingerprint density at radius 2 is 0.966 bits per heavy atom. The number of nitrogens with one attached hydrogen (secondary N) is 4. The summed E-state index contributed by atoms with van der Waals surface area (Å²) in [4.78, 5) is 85.0. The Bertz CT molecular complexity index is 5230. The molecule has 30 nitrogen and oxygen atoms in total. The van der Waals surface area contributed by atoms with Gasteiger partial charge in [-0.2, -0.15) is 5.26 Å². The number of aliphatic hydroxyl groups is 1. The third kappa shape index (κ3) is 12.6. The van der Waals surface area contributed by atoms with Crippen molar-refractivity contribution in [2.24, 2.45) is 0 Å². The van der Waals surface area contributed by atoms with Gasteiger partial charge in [0, 0.05) is 114 Å².